The molecule has 4 aliphatic heterocycles. The molecule has 4 rings (SSSR count). The summed E-state index contributed by atoms with van der Waals surface area (Å²) in [6.45, 7) is 33.9. The number of hydrogen-bond donors (Lipinski definition) is 3. The summed E-state index contributed by atoms with van der Waals surface area (Å²) in [6, 6.07) is 0. The molecule has 3 N–H and O–H groups in total. The standard InChI is InChI=1S/C13H28O3P2.C11H24O5P2.C9H18O.C8H16O2/c1-10-11(2)13(16-12(10)3)7-8-18(6,15)9-17(4,5)14;1-8-10(12)11(13)9(16-8)5-6-18(4,15)7-17(2,3)14;1-5-9-7(3)6(2)8(4)10-9;1-5-6(2)8(4-9)10-7(5)3/h10-13H,7-9H2,1-6H3;8-13H,5-7H2,1-4H3;6-9H,5H2,1-4H3;5-9H,4H2,1-3H3/t10?,11-,12+,13-,18?;8-,9+,10?,11-,18?;6?,7-,8+,9-;5?,6-,7+,8-/m1011/s1. The van der Waals surface area contributed by atoms with Gasteiger partial charge >= 0.3 is 0 Å². The van der Waals surface area contributed by atoms with Gasteiger partial charge in [-0.2, -0.15) is 0 Å². The van der Waals surface area contributed by atoms with Gasteiger partial charge in [0.15, 0.2) is 0 Å². The Morgan fingerprint density at radius 2 is 0.768 bits per heavy atom. The fourth-order valence-electron chi connectivity index (χ4n) is 8.43. The van der Waals surface area contributed by atoms with Gasteiger partial charge in [-0.05, 0) is 122 Å². The Labute approximate surface area is 342 Å². The largest absolute Gasteiger partial charge is 0.394 e. The molecule has 56 heavy (non-hydrogen) atoms. The van der Waals surface area contributed by atoms with Crippen molar-refractivity contribution < 1.29 is 52.5 Å². The maximum absolute atomic E-state index is 12.4. The first kappa shape index (κ1) is 54.7. The molecule has 0 aliphatic carbocycles. The SMILES string of the molecule is CC1[C@H](C)O[C@H](CCP(C)(=O)CP(C)(C)=O)[C@@H]1C.CC1[C@H](C)O[C@H](CO)[C@@H]1C.CC[C@H]1O[C@@H](C)C(C)[C@H]1C.C[C@@H]1O[C@H](CCP(C)(=O)CP(C)(C)=O)[C@H](O)C1O. The number of aliphatic hydroxyl groups excluding tert-OH is 3. The van der Waals surface area contributed by atoms with Crippen molar-refractivity contribution in [1.29, 1.82) is 0 Å². The molecule has 0 aromatic rings. The molecule has 15 heteroatoms. The minimum atomic E-state index is -2.47. The average molecular weight is 879 g/mol. The zero-order valence-corrected chi connectivity index (χ0v) is 41.9. The predicted octanol–water partition coefficient (Wildman–Crippen LogP) is 8.96. The highest BCUT2D eigenvalue weighted by molar-refractivity contribution is 7.80. The van der Waals surface area contributed by atoms with Crippen LogP contribution in [-0.2, 0) is 37.2 Å². The molecule has 0 amide bonds. The summed E-state index contributed by atoms with van der Waals surface area (Å²) in [5, 5.41) is 28.1. The van der Waals surface area contributed by atoms with Crippen LogP contribution in [0.5, 0.6) is 0 Å². The van der Waals surface area contributed by atoms with Crippen molar-refractivity contribution in [1.82, 2.24) is 0 Å². The van der Waals surface area contributed by atoms with Gasteiger partial charge < -0.3 is 52.5 Å². The van der Waals surface area contributed by atoms with Crippen molar-refractivity contribution in [3.05, 3.63) is 0 Å². The van der Waals surface area contributed by atoms with Crippen molar-refractivity contribution in [3.63, 3.8) is 0 Å². The van der Waals surface area contributed by atoms with E-state index in [1.165, 1.54) is 0 Å². The van der Waals surface area contributed by atoms with Crippen LogP contribution in [0.15, 0.2) is 0 Å². The predicted molar refractivity (Wildman–Crippen MR) is 236 cm³/mol. The Bertz CT molecular complexity index is 1250. The molecule has 0 radical (unpaired) electrons. The Kier molecular flexibility index (Phi) is 22.6. The molecule has 18 atom stereocenters. The Morgan fingerprint density at radius 3 is 1.00 bits per heavy atom. The van der Waals surface area contributed by atoms with Crippen molar-refractivity contribution in [2.75, 3.05) is 70.7 Å². The summed E-state index contributed by atoms with van der Waals surface area (Å²) >= 11 is 0. The first-order chi connectivity index (χ1) is 25.4. The van der Waals surface area contributed by atoms with E-state index in [2.05, 4.69) is 69.2 Å². The smallest absolute Gasteiger partial charge is 0.109 e. The highest BCUT2D eigenvalue weighted by atomic mass is 31.2. The summed E-state index contributed by atoms with van der Waals surface area (Å²) in [6.07, 6.45) is 2.69. The van der Waals surface area contributed by atoms with E-state index in [9.17, 15) is 28.5 Å². The van der Waals surface area contributed by atoms with Crippen LogP contribution < -0.4 is 0 Å². The van der Waals surface area contributed by atoms with Gasteiger partial charge in [-0.15, -0.1) is 0 Å². The van der Waals surface area contributed by atoms with Crippen molar-refractivity contribution in [2.24, 2.45) is 35.5 Å². The fraction of sp³-hybridized carbons (Fsp3) is 1.00. The summed E-state index contributed by atoms with van der Waals surface area (Å²) in [4.78, 5) is 0. The summed E-state index contributed by atoms with van der Waals surface area (Å²) in [7, 11) is -9.24. The second kappa shape index (κ2) is 23.2. The van der Waals surface area contributed by atoms with Gasteiger partial charge in [-0.3, -0.25) is 0 Å². The zero-order valence-electron chi connectivity index (χ0n) is 38.3. The minimum absolute atomic E-state index is 0.0741. The summed E-state index contributed by atoms with van der Waals surface area (Å²) < 4.78 is 70.8. The molecule has 6 unspecified atom stereocenters. The van der Waals surface area contributed by atoms with E-state index >= 15 is 0 Å². The van der Waals surface area contributed by atoms with Crippen LogP contribution in [-0.4, -0.2) is 147 Å². The van der Waals surface area contributed by atoms with E-state index in [0.717, 1.165) is 24.7 Å². The van der Waals surface area contributed by atoms with E-state index < -0.39 is 53.0 Å². The molecule has 11 nitrogen and oxygen atoms in total. The van der Waals surface area contributed by atoms with Crippen LogP contribution in [0.4, 0.5) is 0 Å². The van der Waals surface area contributed by atoms with Crippen LogP contribution in [0.2, 0.25) is 0 Å². The van der Waals surface area contributed by atoms with E-state index in [0.29, 0.717) is 72.7 Å². The van der Waals surface area contributed by atoms with Crippen LogP contribution in [0.25, 0.3) is 0 Å². The Morgan fingerprint density at radius 1 is 0.446 bits per heavy atom. The molecular weight excluding hydrogens is 792 g/mol. The highest BCUT2D eigenvalue weighted by Crippen LogP contribution is 2.57. The maximum atomic E-state index is 12.4. The van der Waals surface area contributed by atoms with Crippen molar-refractivity contribution in [2.45, 2.75) is 156 Å². The third-order valence-electron chi connectivity index (χ3n) is 12.9. The summed E-state index contributed by atoms with van der Waals surface area (Å²) in [5.74, 6) is 4.31. The lowest BCUT2D eigenvalue weighted by atomic mass is 9.90. The molecule has 0 saturated carbocycles. The molecule has 4 fully saturated rings. The maximum Gasteiger partial charge on any atom is 0.109 e. The van der Waals surface area contributed by atoms with E-state index in [4.69, 9.17) is 24.1 Å². The number of hydrogen-bond acceptors (Lipinski definition) is 11. The molecule has 336 valence electrons. The molecule has 4 saturated heterocycles. The lowest BCUT2D eigenvalue weighted by Gasteiger charge is -2.20. The lowest BCUT2D eigenvalue weighted by molar-refractivity contribution is 0.00657. The Hall–Kier alpha value is 0.640. The molecule has 0 aromatic heterocycles. The first-order valence-electron chi connectivity index (χ1n) is 21.1. The van der Waals surface area contributed by atoms with E-state index in [1.54, 1.807) is 46.9 Å². The normalized spacial score (nSPS) is 40.6. The lowest BCUT2D eigenvalue weighted by Crippen LogP contribution is -2.31. The van der Waals surface area contributed by atoms with Gasteiger partial charge in [0.05, 0.1) is 95.8 Å². The van der Waals surface area contributed by atoms with Crippen LogP contribution in [0, 0.1) is 35.5 Å². The molecule has 0 spiro atoms. The minimum Gasteiger partial charge on any atom is -0.394 e. The van der Waals surface area contributed by atoms with Gasteiger partial charge in [0.2, 0.25) is 0 Å². The quantitative estimate of drug-likeness (QED) is 0.160. The molecule has 4 heterocycles. The van der Waals surface area contributed by atoms with Gasteiger partial charge in [-0.25, -0.2) is 0 Å². The third-order valence-corrected chi connectivity index (χ3v) is 25.5. The molecule has 0 aromatic carbocycles. The molecule has 0 bridgehead atoms. The zero-order chi connectivity index (χ0) is 43.7. The van der Waals surface area contributed by atoms with Gasteiger partial charge in [0, 0.05) is 12.3 Å². The van der Waals surface area contributed by atoms with Gasteiger partial charge in [-0.1, -0.05) is 48.5 Å². The number of aliphatic hydroxyl groups is 3. The first-order valence-corrected chi connectivity index (χ1v) is 31.8. The third kappa shape index (κ3) is 18.3. The van der Waals surface area contributed by atoms with E-state index in [1.807, 2.05) is 0 Å². The van der Waals surface area contributed by atoms with Crippen LogP contribution in [0.1, 0.15) is 95.4 Å². The Balaban J connectivity index is 0.000000387. The number of rotatable bonds is 12. The monoisotopic (exact) mass is 879 g/mol. The van der Waals surface area contributed by atoms with E-state index in [-0.39, 0.29) is 24.7 Å². The van der Waals surface area contributed by atoms with Crippen molar-refractivity contribution >= 4 is 28.6 Å². The van der Waals surface area contributed by atoms with Crippen LogP contribution >= 0.6 is 28.6 Å². The topological polar surface area (TPSA) is 166 Å². The second-order valence-electron chi connectivity index (χ2n) is 19.3. The summed E-state index contributed by atoms with van der Waals surface area (Å²) in [5.41, 5.74) is 0. The van der Waals surface area contributed by atoms with Crippen LogP contribution in [0.3, 0.4) is 0 Å². The molecule has 4 aliphatic rings. The second-order valence-corrected chi connectivity index (χ2v) is 33.9. The number of ether oxygens (including phenoxy) is 4. The molecular formula is C41H86O11P4. The van der Waals surface area contributed by atoms with Crippen molar-refractivity contribution in [3.8, 4) is 0 Å². The average Bonchev–Trinajstić information content (AvgIpc) is 3.67. The fourth-order valence-corrected chi connectivity index (χ4v) is 22.7. The highest BCUT2D eigenvalue weighted by Gasteiger charge is 2.41. The van der Waals surface area contributed by atoms with Gasteiger partial charge in [0.25, 0.3) is 0 Å². The van der Waals surface area contributed by atoms with Gasteiger partial charge in [0.1, 0.15) is 12.2 Å².